The van der Waals surface area contributed by atoms with Gasteiger partial charge in [-0.3, -0.25) is 24.7 Å². The molecule has 10 rings (SSSR count). The normalized spacial score (nSPS) is 19.7. The lowest BCUT2D eigenvalue weighted by Crippen LogP contribution is -2.52. The molecule has 4 aromatic heterocycles. The summed E-state index contributed by atoms with van der Waals surface area (Å²) in [5.74, 6) is 2.15. The summed E-state index contributed by atoms with van der Waals surface area (Å²) < 4.78 is 11.5. The molecule has 65 heavy (non-hydrogen) atoms. The van der Waals surface area contributed by atoms with Gasteiger partial charge in [0, 0.05) is 97.8 Å². The monoisotopic (exact) mass is 878 g/mol. The number of piperidine rings is 1. The molecule has 3 N–H and O–H groups in total. The van der Waals surface area contributed by atoms with E-state index in [1.165, 1.54) is 0 Å². The van der Waals surface area contributed by atoms with Crippen molar-refractivity contribution in [2.45, 2.75) is 71.4 Å². The minimum Gasteiger partial charge on any atom is -0.489 e. The van der Waals surface area contributed by atoms with E-state index in [1.807, 2.05) is 65.1 Å². The third kappa shape index (κ3) is 8.47. The third-order valence-electron chi connectivity index (χ3n) is 13.2. The number of H-pyrrole nitrogens is 1. The van der Waals surface area contributed by atoms with Crippen molar-refractivity contribution in [3.05, 3.63) is 90.0 Å². The van der Waals surface area contributed by atoms with Gasteiger partial charge in [-0.1, -0.05) is 38.1 Å². The Hall–Kier alpha value is -6.88. The molecule has 17 heteroatoms. The van der Waals surface area contributed by atoms with Crippen molar-refractivity contribution >= 4 is 46.1 Å². The summed E-state index contributed by atoms with van der Waals surface area (Å²) in [4.78, 5) is 68.0. The summed E-state index contributed by atoms with van der Waals surface area (Å²) in [6.45, 7) is 16.7. The molecule has 8 heterocycles. The van der Waals surface area contributed by atoms with E-state index in [-0.39, 0.29) is 29.3 Å². The van der Waals surface area contributed by atoms with Gasteiger partial charge in [0.2, 0.25) is 5.91 Å². The van der Waals surface area contributed by atoms with Gasteiger partial charge in [0.15, 0.2) is 5.82 Å². The number of imide groups is 1. The van der Waals surface area contributed by atoms with E-state index < -0.39 is 5.91 Å². The van der Waals surface area contributed by atoms with Crippen LogP contribution < -0.4 is 30.1 Å². The largest absolute Gasteiger partial charge is 0.489 e. The minimum absolute atomic E-state index is 0.0516. The van der Waals surface area contributed by atoms with Crippen LogP contribution in [-0.2, 0) is 10.2 Å². The quantitative estimate of drug-likeness (QED) is 0.145. The zero-order chi connectivity index (χ0) is 45.0. The number of carbonyl (C=O) groups excluding carboxylic acids is 3. The smallest absolute Gasteiger partial charge is 0.328 e. The first kappa shape index (κ1) is 42.1. The molecule has 0 aliphatic carbocycles. The highest BCUT2D eigenvalue weighted by Crippen LogP contribution is 2.41. The van der Waals surface area contributed by atoms with Crippen molar-refractivity contribution in [1.82, 2.24) is 45.6 Å². The molecule has 17 nitrogen and oxygen atoms in total. The van der Waals surface area contributed by atoms with Gasteiger partial charge >= 0.3 is 17.8 Å². The van der Waals surface area contributed by atoms with Crippen molar-refractivity contribution in [2.24, 2.45) is 5.92 Å². The Morgan fingerprint density at radius 3 is 2.54 bits per heavy atom. The number of fused-ring (bicyclic) bond motifs is 4. The number of hydrogen-bond acceptors (Lipinski definition) is 13. The van der Waals surface area contributed by atoms with Crippen molar-refractivity contribution in [3.8, 4) is 28.3 Å². The summed E-state index contributed by atoms with van der Waals surface area (Å²) in [6, 6.07) is 18.0. The molecule has 0 saturated carbocycles. The van der Waals surface area contributed by atoms with E-state index in [1.54, 1.807) is 11.2 Å². The zero-order valence-corrected chi connectivity index (χ0v) is 37.4. The molecule has 4 amide bonds. The number of aromatic nitrogens is 6. The van der Waals surface area contributed by atoms with Gasteiger partial charge in [-0.2, -0.15) is 4.98 Å². The predicted molar refractivity (Wildman–Crippen MR) is 246 cm³/mol. The molecule has 4 aliphatic heterocycles. The van der Waals surface area contributed by atoms with Gasteiger partial charge in [-0.15, -0.1) is 0 Å². The Balaban J connectivity index is 0.730. The average molecular weight is 879 g/mol. The highest BCUT2D eigenvalue weighted by molar-refractivity contribution is 6.05. The molecule has 3 fully saturated rings. The maximum Gasteiger partial charge on any atom is 0.328 e. The summed E-state index contributed by atoms with van der Waals surface area (Å²) in [5.41, 5.74) is 7.87. The van der Waals surface area contributed by atoms with Crippen LogP contribution in [0.3, 0.4) is 0 Å². The number of rotatable bonds is 9. The van der Waals surface area contributed by atoms with Crippen LogP contribution in [-0.4, -0.2) is 111 Å². The van der Waals surface area contributed by atoms with Crippen LogP contribution in [0.5, 0.6) is 5.75 Å². The first-order valence-electron chi connectivity index (χ1n) is 22.5. The predicted octanol–water partition coefficient (Wildman–Crippen LogP) is 6.41. The molecule has 2 aromatic carbocycles. The van der Waals surface area contributed by atoms with Crippen LogP contribution in [0.25, 0.3) is 33.5 Å². The second kappa shape index (κ2) is 16.9. The van der Waals surface area contributed by atoms with Gasteiger partial charge < -0.3 is 29.4 Å². The molecular weight excluding hydrogens is 825 g/mol. The molecule has 6 aromatic rings. The van der Waals surface area contributed by atoms with E-state index in [9.17, 15) is 14.4 Å². The first-order valence-corrected chi connectivity index (χ1v) is 22.5. The molecule has 3 saturated heterocycles. The van der Waals surface area contributed by atoms with E-state index >= 15 is 0 Å². The second-order valence-electron chi connectivity index (χ2n) is 18.8. The topological polar surface area (TPSA) is 191 Å². The number of aromatic amines is 1. The van der Waals surface area contributed by atoms with Crippen LogP contribution in [0, 0.1) is 12.8 Å². The molecule has 0 unspecified atom stereocenters. The Kier molecular flexibility index (Phi) is 11.0. The maximum atomic E-state index is 13.0. The average Bonchev–Trinajstić information content (AvgIpc) is 3.99. The van der Waals surface area contributed by atoms with Crippen molar-refractivity contribution < 1.29 is 23.6 Å². The number of piperazine rings is 1. The zero-order valence-electron chi connectivity index (χ0n) is 37.4. The number of nitrogens with one attached hydrogen (secondary N) is 3. The van der Waals surface area contributed by atoms with Gasteiger partial charge in [0.25, 0.3) is 0 Å². The Bertz CT molecular complexity index is 2770. The number of amides is 4. The number of anilines is 3. The lowest BCUT2D eigenvalue weighted by molar-refractivity contribution is -0.120. The molecule has 4 aliphatic rings. The fourth-order valence-electron chi connectivity index (χ4n) is 9.64. The van der Waals surface area contributed by atoms with E-state index in [2.05, 4.69) is 75.8 Å². The number of nitrogens with zero attached hydrogens (tertiary/aromatic N) is 9. The highest BCUT2D eigenvalue weighted by atomic mass is 16.5. The van der Waals surface area contributed by atoms with E-state index in [0.29, 0.717) is 37.4 Å². The van der Waals surface area contributed by atoms with Crippen molar-refractivity contribution in [1.29, 1.82) is 0 Å². The SMILES string of the molecule is Cc1cc(-c2ncnc3[nH]c(-c4ccc(N5CCN(C[C@H]6CCN7c8ccc(N9CCC(=O)NC9=O)cc8OC[C@@H]7C6)CC5)nc4)cc23)ccc1[C@@H](C)NC(=O)c1nc(C(C)(C)C)no1. The van der Waals surface area contributed by atoms with Gasteiger partial charge in [-0.25, -0.2) is 19.7 Å². The fourth-order valence-corrected chi connectivity index (χ4v) is 9.64. The Morgan fingerprint density at radius 1 is 0.954 bits per heavy atom. The summed E-state index contributed by atoms with van der Waals surface area (Å²) in [7, 11) is 0. The number of ether oxygens (including phenoxy) is 1. The molecule has 0 radical (unpaired) electrons. The minimum atomic E-state index is -0.413. The van der Waals surface area contributed by atoms with Crippen LogP contribution in [0.1, 0.15) is 80.6 Å². The molecular formula is C48H54N12O5. The third-order valence-corrected chi connectivity index (χ3v) is 13.2. The molecule has 0 spiro atoms. The highest BCUT2D eigenvalue weighted by Gasteiger charge is 2.36. The molecule has 3 atom stereocenters. The van der Waals surface area contributed by atoms with E-state index in [4.69, 9.17) is 19.2 Å². The Morgan fingerprint density at radius 2 is 1.78 bits per heavy atom. The van der Waals surface area contributed by atoms with Crippen LogP contribution >= 0.6 is 0 Å². The standard InChI is InChI=1S/C48H54N12O5/c1-28-20-31(6-9-35(28)29(2)52-44(62)45-55-46(56-65-45)48(3,4)5)42-36-23-37(53-43(36)51-27-50-42)32-7-11-40(49-24-32)58-18-16-57(17-19-58)25-30-12-14-59-34(21-30)26-64-39-22-33(8-10-38(39)59)60-15-13-41(61)54-47(60)63/h6-11,20,22-24,27,29-30,34H,12-19,21,25-26H2,1-5H3,(H,52,62)(H,50,51,53)(H,54,61,63)/t29-,30+,34+/m1/s1. The lowest BCUT2D eigenvalue weighted by Gasteiger charge is -2.46. The number of pyridine rings is 1. The second-order valence-corrected chi connectivity index (χ2v) is 18.8. The number of benzene rings is 2. The number of urea groups is 1. The molecule has 336 valence electrons. The van der Waals surface area contributed by atoms with Crippen LogP contribution in [0.4, 0.5) is 22.0 Å². The summed E-state index contributed by atoms with van der Waals surface area (Å²) in [6.07, 6.45) is 6.00. The van der Waals surface area contributed by atoms with Crippen LogP contribution in [0.2, 0.25) is 0 Å². The van der Waals surface area contributed by atoms with Crippen molar-refractivity contribution in [2.75, 3.05) is 67.1 Å². The van der Waals surface area contributed by atoms with Gasteiger partial charge in [0.05, 0.1) is 23.5 Å². The molecule has 0 bridgehead atoms. The fraction of sp³-hybridized carbons (Fsp3) is 0.417. The maximum absolute atomic E-state index is 13.0. The Labute approximate surface area is 377 Å². The van der Waals surface area contributed by atoms with E-state index in [0.717, 1.165) is 120 Å². The number of hydrogen-bond donors (Lipinski definition) is 3. The van der Waals surface area contributed by atoms with Crippen LogP contribution in [0.15, 0.2) is 71.6 Å². The van der Waals surface area contributed by atoms with Crippen molar-refractivity contribution in [3.63, 3.8) is 0 Å². The summed E-state index contributed by atoms with van der Waals surface area (Å²) >= 11 is 0. The number of carbonyl (C=O) groups is 3. The van der Waals surface area contributed by atoms with Gasteiger partial charge in [-0.05, 0) is 80.1 Å². The lowest BCUT2D eigenvalue weighted by atomic mass is 9.89. The van der Waals surface area contributed by atoms with Gasteiger partial charge in [0.1, 0.15) is 30.1 Å². The first-order chi connectivity index (χ1) is 31.3. The number of aryl methyl sites for hydroxylation is 1. The summed E-state index contributed by atoms with van der Waals surface area (Å²) in [5, 5.41) is 10.3.